The molecule has 9 heteroatoms. The lowest BCUT2D eigenvalue weighted by atomic mass is 10.0. The number of halogens is 2. The molecule has 1 aromatic heterocycles. The van der Waals surface area contributed by atoms with Crippen LogP contribution in [0.4, 0.5) is 5.69 Å². The number of fused-ring (bicyclic) bond motifs is 1. The highest BCUT2D eigenvalue weighted by molar-refractivity contribution is 14.1. The van der Waals surface area contributed by atoms with Gasteiger partial charge in [0, 0.05) is 37.3 Å². The number of benzene rings is 2. The first kappa shape index (κ1) is 22.1. The Kier molecular flexibility index (Phi) is 6.62. The second kappa shape index (κ2) is 9.58. The quantitative estimate of drug-likeness (QED) is 0.335. The molecule has 1 aliphatic rings. The number of carbonyl (C=O) groups is 2. The average Bonchev–Trinajstić information content (AvgIpc) is 2.80. The summed E-state index contributed by atoms with van der Waals surface area (Å²) in [5, 5.41) is 4.61. The van der Waals surface area contributed by atoms with E-state index >= 15 is 0 Å². The van der Waals surface area contributed by atoms with E-state index in [0.29, 0.717) is 28.1 Å². The standard InChI is InChI=1S/C23H16BrIN4O3/c1-2-11-32-20-6-3-15(24)12-18(20)21-27-19-5-4-16(25)13-17(19)23(31)29(21)28-22(30)14-7-9-26-10-8-14/h1,3-10,12-13,21,27H,11H2,(H,28,30)/t21-/m0/s1. The summed E-state index contributed by atoms with van der Waals surface area (Å²) >= 11 is 5.61. The Bertz CT molecular complexity index is 1230. The Morgan fingerprint density at radius 1 is 1.25 bits per heavy atom. The summed E-state index contributed by atoms with van der Waals surface area (Å²) in [7, 11) is 0. The van der Waals surface area contributed by atoms with Gasteiger partial charge in [-0.1, -0.05) is 21.9 Å². The minimum Gasteiger partial charge on any atom is -0.481 e. The second-order valence-electron chi connectivity index (χ2n) is 6.76. The third-order valence-electron chi connectivity index (χ3n) is 4.72. The van der Waals surface area contributed by atoms with Gasteiger partial charge in [0.1, 0.15) is 12.4 Å². The van der Waals surface area contributed by atoms with Crippen molar-refractivity contribution in [1.82, 2.24) is 15.4 Å². The van der Waals surface area contributed by atoms with Gasteiger partial charge in [-0.2, -0.15) is 0 Å². The summed E-state index contributed by atoms with van der Waals surface area (Å²) in [6.07, 6.45) is 7.65. The molecule has 2 N–H and O–H groups in total. The van der Waals surface area contributed by atoms with Crippen molar-refractivity contribution in [3.8, 4) is 18.1 Å². The number of nitrogens with one attached hydrogen (secondary N) is 2. The minimum absolute atomic E-state index is 0.0630. The Morgan fingerprint density at radius 3 is 2.78 bits per heavy atom. The maximum Gasteiger partial charge on any atom is 0.276 e. The minimum atomic E-state index is -0.744. The normalized spacial score (nSPS) is 14.7. The molecule has 0 unspecified atom stereocenters. The number of hydrazine groups is 1. The Morgan fingerprint density at radius 2 is 2.03 bits per heavy atom. The molecule has 0 radical (unpaired) electrons. The van der Waals surface area contributed by atoms with Gasteiger partial charge in [-0.05, 0) is 71.1 Å². The van der Waals surface area contributed by atoms with Gasteiger partial charge in [-0.25, -0.2) is 5.01 Å². The van der Waals surface area contributed by atoms with E-state index in [0.717, 1.165) is 8.04 Å². The molecule has 160 valence electrons. The zero-order valence-electron chi connectivity index (χ0n) is 16.5. The Hall–Kier alpha value is -3.10. The molecule has 7 nitrogen and oxygen atoms in total. The third-order valence-corrected chi connectivity index (χ3v) is 5.89. The van der Waals surface area contributed by atoms with E-state index in [-0.39, 0.29) is 12.5 Å². The monoisotopic (exact) mass is 602 g/mol. The molecule has 0 fully saturated rings. The molecule has 2 amide bonds. The zero-order chi connectivity index (χ0) is 22.7. The first-order valence-electron chi connectivity index (χ1n) is 9.44. The van der Waals surface area contributed by atoms with Crippen LogP contribution in [0.2, 0.25) is 0 Å². The molecule has 3 aromatic rings. The lowest BCUT2D eigenvalue weighted by Crippen LogP contribution is -2.53. The van der Waals surface area contributed by atoms with Crippen LogP contribution in [0.5, 0.6) is 5.75 Å². The van der Waals surface area contributed by atoms with Crippen LogP contribution >= 0.6 is 38.5 Å². The maximum atomic E-state index is 13.5. The van der Waals surface area contributed by atoms with Gasteiger partial charge in [-0.15, -0.1) is 6.42 Å². The number of ether oxygens (including phenoxy) is 1. The van der Waals surface area contributed by atoms with Gasteiger partial charge in [-0.3, -0.25) is 20.0 Å². The van der Waals surface area contributed by atoms with Crippen molar-refractivity contribution in [3.63, 3.8) is 0 Å². The van der Waals surface area contributed by atoms with Gasteiger partial charge in [0.05, 0.1) is 5.56 Å². The van der Waals surface area contributed by atoms with Gasteiger partial charge < -0.3 is 10.1 Å². The highest BCUT2D eigenvalue weighted by Gasteiger charge is 2.36. The van der Waals surface area contributed by atoms with Crippen molar-refractivity contribution in [3.05, 3.63) is 85.7 Å². The van der Waals surface area contributed by atoms with Crippen molar-refractivity contribution in [2.24, 2.45) is 0 Å². The van der Waals surface area contributed by atoms with E-state index in [9.17, 15) is 9.59 Å². The Labute approximate surface area is 206 Å². The molecule has 32 heavy (non-hydrogen) atoms. The fraction of sp³-hybridized carbons (Fsp3) is 0.0870. The van der Waals surface area contributed by atoms with Crippen LogP contribution in [0.3, 0.4) is 0 Å². The number of anilines is 1. The van der Waals surface area contributed by atoms with Crippen LogP contribution in [-0.2, 0) is 0 Å². The fourth-order valence-corrected chi connectivity index (χ4v) is 4.14. The lowest BCUT2D eigenvalue weighted by molar-refractivity contribution is 0.0488. The number of amides is 2. The van der Waals surface area contributed by atoms with Crippen molar-refractivity contribution < 1.29 is 14.3 Å². The van der Waals surface area contributed by atoms with Gasteiger partial charge in [0.15, 0.2) is 6.17 Å². The van der Waals surface area contributed by atoms with Crippen LogP contribution < -0.4 is 15.5 Å². The van der Waals surface area contributed by atoms with Crippen molar-refractivity contribution in [2.75, 3.05) is 11.9 Å². The summed E-state index contributed by atoms with van der Waals surface area (Å²) in [4.78, 5) is 30.3. The van der Waals surface area contributed by atoms with Crippen molar-refractivity contribution in [1.29, 1.82) is 0 Å². The maximum absolute atomic E-state index is 13.5. The number of terminal acetylenes is 1. The first-order chi connectivity index (χ1) is 15.5. The molecule has 2 aromatic carbocycles. The zero-order valence-corrected chi connectivity index (χ0v) is 20.3. The van der Waals surface area contributed by atoms with Gasteiger partial charge in [0.25, 0.3) is 11.8 Å². The van der Waals surface area contributed by atoms with E-state index in [1.807, 2.05) is 24.3 Å². The van der Waals surface area contributed by atoms with E-state index in [1.165, 1.54) is 17.4 Å². The summed E-state index contributed by atoms with van der Waals surface area (Å²) < 4.78 is 7.40. The molecule has 0 bridgehead atoms. The molecule has 1 aliphatic heterocycles. The molecule has 2 heterocycles. The van der Waals surface area contributed by atoms with E-state index in [4.69, 9.17) is 11.2 Å². The van der Waals surface area contributed by atoms with E-state index in [1.54, 1.807) is 24.3 Å². The Balaban J connectivity index is 1.79. The predicted octanol–water partition coefficient (Wildman–Crippen LogP) is 4.37. The SMILES string of the molecule is C#CCOc1ccc(Br)cc1[C@H]1Nc2ccc(I)cc2C(=O)N1NC(=O)c1ccncc1. The van der Waals surface area contributed by atoms with Crippen LogP contribution in [0.25, 0.3) is 0 Å². The summed E-state index contributed by atoms with van der Waals surface area (Å²) in [6, 6.07) is 14.0. The lowest BCUT2D eigenvalue weighted by Gasteiger charge is -2.38. The number of nitrogens with zero attached hydrogens (tertiary/aromatic N) is 2. The number of rotatable bonds is 5. The summed E-state index contributed by atoms with van der Waals surface area (Å²) in [5.41, 5.74) is 4.84. The summed E-state index contributed by atoms with van der Waals surface area (Å²) in [5.74, 6) is 2.14. The van der Waals surface area contributed by atoms with E-state index < -0.39 is 12.1 Å². The number of hydrogen-bond donors (Lipinski definition) is 2. The summed E-state index contributed by atoms with van der Waals surface area (Å²) in [6.45, 7) is 0.0630. The molecule has 0 saturated carbocycles. The average molecular weight is 603 g/mol. The topological polar surface area (TPSA) is 83.6 Å². The fourth-order valence-electron chi connectivity index (χ4n) is 3.27. The highest BCUT2D eigenvalue weighted by Crippen LogP contribution is 2.37. The molecular weight excluding hydrogens is 587 g/mol. The number of hydrogen-bond acceptors (Lipinski definition) is 5. The molecule has 4 rings (SSSR count). The first-order valence-corrected chi connectivity index (χ1v) is 11.3. The van der Waals surface area contributed by atoms with Crippen LogP contribution in [0.1, 0.15) is 32.4 Å². The van der Waals surface area contributed by atoms with E-state index in [2.05, 4.69) is 60.2 Å². The van der Waals surface area contributed by atoms with Crippen LogP contribution in [0, 0.1) is 15.9 Å². The smallest absolute Gasteiger partial charge is 0.276 e. The largest absolute Gasteiger partial charge is 0.481 e. The number of pyridine rings is 1. The molecule has 0 aliphatic carbocycles. The highest BCUT2D eigenvalue weighted by atomic mass is 127. The van der Waals surface area contributed by atoms with Crippen LogP contribution in [0.15, 0.2) is 65.4 Å². The second-order valence-corrected chi connectivity index (χ2v) is 8.93. The molecule has 1 atom stereocenters. The van der Waals surface area contributed by atoms with Crippen molar-refractivity contribution in [2.45, 2.75) is 6.17 Å². The van der Waals surface area contributed by atoms with Gasteiger partial charge >= 0.3 is 0 Å². The molecule has 0 saturated heterocycles. The molecule has 0 spiro atoms. The predicted molar refractivity (Wildman–Crippen MR) is 132 cm³/mol. The number of aromatic nitrogens is 1. The van der Waals surface area contributed by atoms with Crippen LogP contribution in [-0.4, -0.2) is 28.4 Å². The molecular formula is C23H16BrIN4O3. The van der Waals surface area contributed by atoms with Gasteiger partial charge in [0.2, 0.25) is 0 Å². The van der Waals surface area contributed by atoms with Crippen molar-refractivity contribution >= 4 is 56.0 Å². The number of carbonyl (C=O) groups excluding carboxylic acids is 2. The third kappa shape index (κ3) is 4.56.